The molecule has 0 unspecified atom stereocenters. The SMILES string of the molecule is C[C@@H](N)[C@H]1CCN([C@@H](C)c2ccccc2)C1. The van der Waals surface area contributed by atoms with E-state index in [0.29, 0.717) is 18.0 Å². The lowest BCUT2D eigenvalue weighted by Crippen LogP contribution is -2.30. The topological polar surface area (TPSA) is 29.3 Å². The fraction of sp³-hybridized carbons (Fsp3) is 0.571. The second-order valence-corrected chi connectivity index (χ2v) is 4.99. The first-order chi connectivity index (χ1) is 7.68. The fourth-order valence-electron chi connectivity index (χ4n) is 2.54. The third-order valence-corrected chi connectivity index (χ3v) is 3.83. The summed E-state index contributed by atoms with van der Waals surface area (Å²) in [5.41, 5.74) is 7.38. The smallest absolute Gasteiger partial charge is 0.0320 e. The molecule has 16 heavy (non-hydrogen) atoms. The van der Waals surface area contributed by atoms with Crippen molar-refractivity contribution in [1.82, 2.24) is 4.90 Å². The molecule has 1 aliphatic rings. The monoisotopic (exact) mass is 218 g/mol. The highest BCUT2D eigenvalue weighted by Gasteiger charge is 2.28. The summed E-state index contributed by atoms with van der Waals surface area (Å²) in [4.78, 5) is 2.54. The van der Waals surface area contributed by atoms with E-state index in [0.717, 1.165) is 6.54 Å². The van der Waals surface area contributed by atoms with Crippen LogP contribution < -0.4 is 5.73 Å². The van der Waals surface area contributed by atoms with Crippen molar-refractivity contribution in [2.45, 2.75) is 32.4 Å². The van der Waals surface area contributed by atoms with E-state index in [1.807, 2.05) is 0 Å². The number of hydrogen-bond donors (Lipinski definition) is 1. The van der Waals surface area contributed by atoms with Crippen LogP contribution in [0.4, 0.5) is 0 Å². The third-order valence-electron chi connectivity index (χ3n) is 3.83. The fourth-order valence-corrected chi connectivity index (χ4v) is 2.54. The molecule has 2 nitrogen and oxygen atoms in total. The predicted molar refractivity (Wildman–Crippen MR) is 68.2 cm³/mol. The summed E-state index contributed by atoms with van der Waals surface area (Å²) in [6, 6.07) is 11.6. The van der Waals surface area contributed by atoms with Gasteiger partial charge in [0.1, 0.15) is 0 Å². The van der Waals surface area contributed by atoms with Crippen LogP contribution >= 0.6 is 0 Å². The molecule has 0 aliphatic carbocycles. The highest BCUT2D eigenvalue weighted by molar-refractivity contribution is 5.18. The van der Waals surface area contributed by atoms with E-state index in [2.05, 4.69) is 49.1 Å². The zero-order chi connectivity index (χ0) is 11.5. The van der Waals surface area contributed by atoms with Crippen molar-refractivity contribution in [3.05, 3.63) is 35.9 Å². The minimum Gasteiger partial charge on any atom is -0.328 e. The van der Waals surface area contributed by atoms with Gasteiger partial charge in [0.15, 0.2) is 0 Å². The lowest BCUT2D eigenvalue weighted by Gasteiger charge is -2.25. The van der Waals surface area contributed by atoms with Crippen LogP contribution in [0, 0.1) is 5.92 Å². The Morgan fingerprint density at radius 2 is 1.94 bits per heavy atom. The van der Waals surface area contributed by atoms with Gasteiger partial charge in [-0.15, -0.1) is 0 Å². The standard InChI is InChI=1S/C14H22N2/c1-11(15)14-8-9-16(10-14)12(2)13-6-4-3-5-7-13/h3-7,11-12,14H,8-10,15H2,1-2H3/t11-,12+,14+/m1/s1. The van der Waals surface area contributed by atoms with Crippen LogP contribution in [0.25, 0.3) is 0 Å². The van der Waals surface area contributed by atoms with Gasteiger partial charge in [-0.25, -0.2) is 0 Å². The van der Waals surface area contributed by atoms with Gasteiger partial charge in [0.25, 0.3) is 0 Å². The highest BCUT2D eigenvalue weighted by atomic mass is 15.2. The lowest BCUT2D eigenvalue weighted by molar-refractivity contribution is 0.248. The van der Waals surface area contributed by atoms with Gasteiger partial charge in [0.05, 0.1) is 0 Å². The third kappa shape index (κ3) is 2.45. The lowest BCUT2D eigenvalue weighted by atomic mass is 10.0. The zero-order valence-corrected chi connectivity index (χ0v) is 10.3. The molecular formula is C14H22N2. The molecule has 0 saturated carbocycles. The first kappa shape index (κ1) is 11.6. The molecule has 3 atom stereocenters. The number of likely N-dealkylation sites (tertiary alicyclic amines) is 1. The van der Waals surface area contributed by atoms with Crippen LogP contribution in [0.5, 0.6) is 0 Å². The van der Waals surface area contributed by atoms with Crippen LogP contribution in [0.3, 0.4) is 0 Å². The molecule has 0 amide bonds. The van der Waals surface area contributed by atoms with Gasteiger partial charge in [0.2, 0.25) is 0 Å². The Bertz CT molecular complexity index is 321. The van der Waals surface area contributed by atoms with Gasteiger partial charge in [-0.2, -0.15) is 0 Å². The summed E-state index contributed by atoms with van der Waals surface area (Å²) in [5, 5.41) is 0. The number of benzene rings is 1. The van der Waals surface area contributed by atoms with E-state index >= 15 is 0 Å². The van der Waals surface area contributed by atoms with Crippen molar-refractivity contribution in [2.24, 2.45) is 11.7 Å². The van der Waals surface area contributed by atoms with E-state index < -0.39 is 0 Å². The molecule has 1 aliphatic heterocycles. The van der Waals surface area contributed by atoms with E-state index in [1.165, 1.54) is 18.5 Å². The van der Waals surface area contributed by atoms with Gasteiger partial charge in [-0.05, 0) is 38.3 Å². The van der Waals surface area contributed by atoms with Crippen LogP contribution in [0.2, 0.25) is 0 Å². The first-order valence-electron chi connectivity index (χ1n) is 6.23. The van der Waals surface area contributed by atoms with Crippen LogP contribution in [-0.2, 0) is 0 Å². The van der Waals surface area contributed by atoms with Crippen molar-refractivity contribution in [3.8, 4) is 0 Å². The predicted octanol–water partition coefficient (Wildman–Crippen LogP) is 2.42. The maximum absolute atomic E-state index is 5.97. The van der Waals surface area contributed by atoms with Crippen molar-refractivity contribution >= 4 is 0 Å². The molecule has 1 aromatic rings. The molecule has 0 aromatic heterocycles. The molecular weight excluding hydrogens is 196 g/mol. The van der Waals surface area contributed by atoms with E-state index in [-0.39, 0.29) is 0 Å². The Balaban J connectivity index is 2.00. The number of rotatable bonds is 3. The van der Waals surface area contributed by atoms with E-state index in [9.17, 15) is 0 Å². The van der Waals surface area contributed by atoms with Gasteiger partial charge in [-0.1, -0.05) is 30.3 Å². The second kappa shape index (κ2) is 4.98. The average molecular weight is 218 g/mol. The summed E-state index contributed by atoms with van der Waals surface area (Å²) in [7, 11) is 0. The van der Waals surface area contributed by atoms with Crippen LogP contribution in [0.1, 0.15) is 31.9 Å². The van der Waals surface area contributed by atoms with Crippen molar-refractivity contribution in [1.29, 1.82) is 0 Å². The second-order valence-electron chi connectivity index (χ2n) is 4.99. The summed E-state index contributed by atoms with van der Waals surface area (Å²) in [5.74, 6) is 0.672. The molecule has 0 radical (unpaired) electrons. The molecule has 1 fully saturated rings. The largest absolute Gasteiger partial charge is 0.328 e. The molecule has 2 rings (SSSR count). The van der Waals surface area contributed by atoms with Crippen molar-refractivity contribution < 1.29 is 0 Å². The van der Waals surface area contributed by atoms with Crippen molar-refractivity contribution in [3.63, 3.8) is 0 Å². The molecule has 1 heterocycles. The van der Waals surface area contributed by atoms with E-state index in [1.54, 1.807) is 0 Å². The molecule has 0 bridgehead atoms. The molecule has 0 spiro atoms. The van der Waals surface area contributed by atoms with E-state index in [4.69, 9.17) is 5.73 Å². The minimum atomic E-state index is 0.327. The Morgan fingerprint density at radius 1 is 1.25 bits per heavy atom. The summed E-state index contributed by atoms with van der Waals surface area (Å²) in [6.07, 6.45) is 1.24. The average Bonchev–Trinajstić information content (AvgIpc) is 2.78. The Hall–Kier alpha value is -0.860. The normalized spacial score (nSPS) is 25.6. The van der Waals surface area contributed by atoms with Gasteiger partial charge >= 0.3 is 0 Å². The Labute approximate surface area is 98.4 Å². The number of hydrogen-bond acceptors (Lipinski definition) is 2. The zero-order valence-electron chi connectivity index (χ0n) is 10.3. The van der Waals surface area contributed by atoms with Gasteiger partial charge in [0, 0.05) is 18.6 Å². The molecule has 1 saturated heterocycles. The number of nitrogens with two attached hydrogens (primary N) is 1. The van der Waals surface area contributed by atoms with Crippen molar-refractivity contribution in [2.75, 3.05) is 13.1 Å². The minimum absolute atomic E-state index is 0.327. The van der Waals surface area contributed by atoms with Gasteiger partial charge in [-0.3, -0.25) is 4.90 Å². The Kier molecular flexibility index (Phi) is 3.62. The maximum atomic E-state index is 5.97. The summed E-state index contributed by atoms with van der Waals surface area (Å²) >= 11 is 0. The quantitative estimate of drug-likeness (QED) is 0.844. The molecule has 1 aromatic carbocycles. The molecule has 2 N–H and O–H groups in total. The summed E-state index contributed by atoms with van der Waals surface area (Å²) in [6.45, 7) is 6.75. The summed E-state index contributed by atoms with van der Waals surface area (Å²) < 4.78 is 0. The van der Waals surface area contributed by atoms with Crippen LogP contribution in [-0.4, -0.2) is 24.0 Å². The van der Waals surface area contributed by atoms with Gasteiger partial charge < -0.3 is 5.73 Å². The Morgan fingerprint density at radius 3 is 2.50 bits per heavy atom. The molecule has 2 heteroatoms. The molecule has 88 valence electrons. The highest BCUT2D eigenvalue weighted by Crippen LogP contribution is 2.28. The van der Waals surface area contributed by atoms with Crippen LogP contribution in [0.15, 0.2) is 30.3 Å². The maximum Gasteiger partial charge on any atom is 0.0320 e. The number of nitrogens with zero attached hydrogens (tertiary/aromatic N) is 1. The first-order valence-corrected chi connectivity index (χ1v) is 6.23.